The highest BCUT2D eigenvalue weighted by atomic mass is 35.5. The van der Waals surface area contributed by atoms with Gasteiger partial charge < -0.3 is 0 Å². The summed E-state index contributed by atoms with van der Waals surface area (Å²) in [5, 5.41) is 2.87. The van der Waals surface area contributed by atoms with Crippen molar-refractivity contribution in [3.8, 4) is 0 Å². The zero-order chi connectivity index (χ0) is 17.9. The molecule has 25 heavy (non-hydrogen) atoms. The van der Waals surface area contributed by atoms with Gasteiger partial charge in [0.1, 0.15) is 0 Å². The molecule has 0 atom stereocenters. The van der Waals surface area contributed by atoms with Crippen molar-refractivity contribution in [1.82, 2.24) is 4.98 Å². The maximum atomic E-state index is 12.3. The Labute approximate surface area is 159 Å². The van der Waals surface area contributed by atoms with Gasteiger partial charge >= 0.3 is 0 Å². The van der Waals surface area contributed by atoms with Crippen LogP contribution in [0.25, 0.3) is 0 Å². The Hall–Kier alpha value is -1.93. The number of sulfonamides is 1. The minimum Gasteiger partial charge on any atom is -0.256 e. The summed E-state index contributed by atoms with van der Waals surface area (Å²) in [5.41, 5.74) is 1.26. The average Bonchev–Trinajstić information content (AvgIpc) is 3.09. The molecule has 1 N–H and O–H groups in total. The number of nitrogens with zero attached hydrogens (tertiary/aromatic N) is 2. The number of anilines is 1. The van der Waals surface area contributed by atoms with Crippen molar-refractivity contribution in [1.29, 1.82) is 0 Å². The Bertz CT molecular complexity index is 1000. The van der Waals surface area contributed by atoms with Crippen molar-refractivity contribution in [2.45, 2.75) is 4.90 Å². The predicted molar refractivity (Wildman–Crippen MR) is 103 cm³/mol. The summed E-state index contributed by atoms with van der Waals surface area (Å²) in [4.78, 5) is 8.32. The zero-order valence-electron chi connectivity index (χ0n) is 12.6. The van der Waals surface area contributed by atoms with Crippen LogP contribution in [0.3, 0.4) is 0 Å². The number of hydrogen-bond acceptors (Lipinski definition) is 5. The average molecular weight is 412 g/mol. The molecule has 3 rings (SSSR count). The summed E-state index contributed by atoms with van der Waals surface area (Å²) < 4.78 is 26.9. The highest BCUT2D eigenvalue weighted by molar-refractivity contribution is 7.93. The molecule has 0 radical (unpaired) electrons. The van der Waals surface area contributed by atoms with Gasteiger partial charge in [0.25, 0.3) is 10.0 Å². The van der Waals surface area contributed by atoms with Crippen molar-refractivity contribution < 1.29 is 8.42 Å². The SMILES string of the molecule is O=S(=O)(Nc1nccs1)c1ccc(N=Cc2cccc(Cl)c2Cl)cc1. The van der Waals surface area contributed by atoms with Crippen molar-refractivity contribution in [2.24, 2.45) is 4.99 Å². The largest absolute Gasteiger partial charge is 0.263 e. The number of thiazole rings is 1. The first-order valence-electron chi connectivity index (χ1n) is 6.96. The summed E-state index contributed by atoms with van der Waals surface area (Å²) in [6.45, 7) is 0. The lowest BCUT2D eigenvalue weighted by Gasteiger charge is -2.05. The summed E-state index contributed by atoms with van der Waals surface area (Å²) in [5.74, 6) is 0. The van der Waals surface area contributed by atoms with E-state index < -0.39 is 10.0 Å². The number of rotatable bonds is 5. The molecule has 0 aliphatic heterocycles. The van der Waals surface area contributed by atoms with E-state index in [1.165, 1.54) is 29.7 Å². The predicted octanol–water partition coefficient (Wildman–Crippen LogP) is 5.00. The van der Waals surface area contributed by atoms with Crippen LogP contribution in [0.1, 0.15) is 5.56 Å². The molecule has 0 saturated carbocycles. The van der Waals surface area contributed by atoms with E-state index in [0.717, 1.165) is 0 Å². The van der Waals surface area contributed by atoms with Crippen molar-refractivity contribution in [3.63, 3.8) is 0 Å². The molecule has 2 aromatic carbocycles. The van der Waals surface area contributed by atoms with Crippen LogP contribution in [-0.2, 0) is 10.0 Å². The molecule has 1 aromatic heterocycles. The Morgan fingerprint density at radius 2 is 1.88 bits per heavy atom. The molecule has 0 unspecified atom stereocenters. The van der Waals surface area contributed by atoms with E-state index in [9.17, 15) is 8.42 Å². The lowest BCUT2D eigenvalue weighted by atomic mass is 10.2. The Morgan fingerprint density at radius 3 is 2.56 bits per heavy atom. The quantitative estimate of drug-likeness (QED) is 0.600. The van der Waals surface area contributed by atoms with Crippen LogP contribution in [-0.4, -0.2) is 19.6 Å². The fourth-order valence-corrected chi connectivity index (χ4v) is 4.07. The van der Waals surface area contributed by atoms with Crippen LogP contribution < -0.4 is 4.72 Å². The molecule has 1 heterocycles. The molecule has 0 spiro atoms. The lowest BCUT2D eigenvalue weighted by Crippen LogP contribution is -2.12. The Morgan fingerprint density at radius 1 is 1.12 bits per heavy atom. The van der Waals surface area contributed by atoms with Gasteiger partial charge in [-0.15, -0.1) is 11.3 Å². The zero-order valence-corrected chi connectivity index (χ0v) is 15.7. The van der Waals surface area contributed by atoms with Gasteiger partial charge in [-0.25, -0.2) is 13.4 Å². The first-order valence-corrected chi connectivity index (χ1v) is 10.1. The number of hydrogen-bond donors (Lipinski definition) is 1. The molecule has 0 saturated heterocycles. The second kappa shape index (κ2) is 7.53. The number of aromatic nitrogens is 1. The van der Waals surface area contributed by atoms with E-state index in [-0.39, 0.29) is 4.90 Å². The topological polar surface area (TPSA) is 71.4 Å². The molecule has 0 bridgehead atoms. The van der Waals surface area contributed by atoms with Gasteiger partial charge in [0.15, 0.2) is 5.13 Å². The van der Waals surface area contributed by atoms with E-state index in [1.54, 1.807) is 41.9 Å². The third kappa shape index (κ3) is 4.38. The van der Waals surface area contributed by atoms with Gasteiger partial charge in [-0.2, -0.15) is 0 Å². The van der Waals surface area contributed by atoms with Gasteiger partial charge in [0.05, 0.1) is 20.6 Å². The van der Waals surface area contributed by atoms with Crippen LogP contribution >= 0.6 is 34.5 Å². The second-order valence-corrected chi connectivity index (χ2v) is 8.20. The van der Waals surface area contributed by atoms with E-state index in [4.69, 9.17) is 23.2 Å². The summed E-state index contributed by atoms with van der Waals surface area (Å²) in [6, 6.07) is 11.4. The maximum Gasteiger partial charge on any atom is 0.263 e. The van der Waals surface area contributed by atoms with Gasteiger partial charge in [0.2, 0.25) is 0 Å². The standard InChI is InChI=1S/C16H11Cl2N3O2S2/c17-14-3-1-2-11(15(14)18)10-20-12-4-6-13(7-5-12)25(22,23)21-16-19-8-9-24-16/h1-10H,(H,19,21). The van der Waals surface area contributed by atoms with Gasteiger partial charge in [-0.3, -0.25) is 9.71 Å². The lowest BCUT2D eigenvalue weighted by molar-refractivity contribution is 0.601. The molecule has 0 aliphatic carbocycles. The van der Waals surface area contributed by atoms with E-state index in [0.29, 0.717) is 26.4 Å². The first kappa shape index (κ1) is 17.9. The smallest absolute Gasteiger partial charge is 0.256 e. The van der Waals surface area contributed by atoms with Crippen molar-refractivity contribution in [2.75, 3.05) is 4.72 Å². The Balaban J connectivity index is 1.78. The molecule has 5 nitrogen and oxygen atoms in total. The van der Waals surface area contributed by atoms with Crippen LogP contribution in [0.15, 0.2) is 63.9 Å². The summed E-state index contributed by atoms with van der Waals surface area (Å²) >= 11 is 13.3. The molecular weight excluding hydrogens is 401 g/mol. The van der Waals surface area contributed by atoms with Crippen LogP contribution in [0.5, 0.6) is 0 Å². The van der Waals surface area contributed by atoms with Gasteiger partial charge in [-0.05, 0) is 30.3 Å². The molecule has 3 aromatic rings. The van der Waals surface area contributed by atoms with Crippen LogP contribution in [0, 0.1) is 0 Å². The highest BCUT2D eigenvalue weighted by Crippen LogP contribution is 2.25. The monoisotopic (exact) mass is 411 g/mol. The molecule has 128 valence electrons. The van der Waals surface area contributed by atoms with E-state index in [2.05, 4.69) is 14.7 Å². The van der Waals surface area contributed by atoms with Crippen molar-refractivity contribution in [3.05, 3.63) is 69.7 Å². The fraction of sp³-hybridized carbons (Fsp3) is 0. The van der Waals surface area contributed by atoms with Gasteiger partial charge in [-0.1, -0.05) is 35.3 Å². The number of halogens is 2. The normalized spacial score (nSPS) is 11.8. The highest BCUT2D eigenvalue weighted by Gasteiger charge is 2.15. The maximum absolute atomic E-state index is 12.3. The number of nitrogens with one attached hydrogen (secondary N) is 1. The Kier molecular flexibility index (Phi) is 5.39. The second-order valence-electron chi connectivity index (χ2n) is 4.84. The molecule has 0 fully saturated rings. The summed E-state index contributed by atoms with van der Waals surface area (Å²) in [6.07, 6.45) is 3.10. The minimum atomic E-state index is -3.67. The first-order chi connectivity index (χ1) is 12.0. The fourth-order valence-electron chi connectivity index (χ4n) is 1.92. The van der Waals surface area contributed by atoms with E-state index in [1.807, 2.05) is 0 Å². The third-order valence-electron chi connectivity index (χ3n) is 3.14. The van der Waals surface area contributed by atoms with Gasteiger partial charge in [0, 0.05) is 23.4 Å². The third-order valence-corrected chi connectivity index (χ3v) is 6.14. The number of benzene rings is 2. The molecule has 9 heteroatoms. The summed E-state index contributed by atoms with van der Waals surface area (Å²) in [7, 11) is -3.67. The van der Waals surface area contributed by atoms with E-state index >= 15 is 0 Å². The molecule has 0 aliphatic rings. The minimum absolute atomic E-state index is 0.127. The number of aliphatic imine (C=N–C) groups is 1. The van der Waals surface area contributed by atoms with Crippen LogP contribution in [0.2, 0.25) is 10.0 Å². The molecular formula is C16H11Cl2N3O2S2. The van der Waals surface area contributed by atoms with Crippen LogP contribution in [0.4, 0.5) is 10.8 Å². The van der Waals surface area contributed by atoms with Crippen molar-refractivity contribution >= 4 is 61.6 Å². The molecule has 0 amide bonds.